The molecule has 0 spiro atoms. The highest BCUT2D eigenvalue weighted by atomic mass is 16.3. The lowest BCUT2D eigenvalue weighted by Gasteiger charge is -2.20. The van der Waals surface area contributed by atoms with Gasteiger partial charge < -0.3 is 26.4 Å². The minimum Gasteiger partial charge on any atom is -0.394 e. The smallest absolute Gasteiger partial charge is 0.315 e. The average Bonchev–Trinajstić information content (AvgIpc) is 3.07. The van der Waals surface area contributed by atoms with Gasteiger partial charge in [0.15, 0.2) is 0 Å². The normalized spacial score (nSPS) is 23.9. The fourth-order valence-electron chi connectivity index (χ4n) is 2.45. The lowest BCUT2D eigenvalue weighted by atomic mass is 10.2. The Kier molecular flexibility index (Phi) is 4.78. The summed E-state index contributed by atoms with van der Waals surface area (Å²) >= 11 is 0. The Morgan fingerprint density at radius 1 is 1.35 bits per heavy atom. The molecule has 1 saturated heterocycles. The summed E-state index contributed by atoms with van der Waals surface area (Å²) in [7, 11) is 0. The van der Waals surface area contributed by atoms with Crippen LogP contribution in [0.4, 0.5) is 4.79 Å². The van der Waals surface area contributed by atoms with Crippen LogP contribution in [0.15, 0.2) is 0 Å². The van der Waals surface area contributed by atoms with Crippen LogP contribution in [0.25, 0.3) is 0 Å². The number of rotatable bonds is 5. The third-order valence-corrected chi connectivity index (χ3v) is 3.61. The fraction of sp³-hybridized carbons (Fsp3) is 0.750. The van der Waals surface area contributed by atoms with Gasteiger partial charge in [0.25, 0.3) is 0 Å². The Morgan fingerprint density at radius 2 is 2.05 bits per heavy atom. The van der Waals surface area contributed by atoms with E-state index in [-0.39, 0.29) is 18.5 Å². The van der Waals surface area contributed by atoms with Gasteiger partial charge in [-0.3, -0.25) is 9.59 Å². The van der Waals surface area contributed by atoms with E-state index in [0.717, 1.165) is 25.7 Å². The third-order valence-electron chi connectivity index (χ3n) is 3.61. The topological polar surface area (TPSA) is 120 Å². The molecule has 8 heteroatoms. The van der Waals surface area contributed by atoms with E-state index in [1.165, 1.54) is 0 Å². The molecular formula is C12H20N4O4. The number of urea groups is 1. The Hall–Kier alpha value is -1.83. The lowest BCUT2D eigenvalue weighted by molar-refractivity contribution is -0.131. The molecule has 0 aromatic heterocycles. The van der Waals surface area contributed by atoms with Gasteiger partial charge in [0.2, 0.25) is 11.8 Å². The van der Waals surface area contributed by atoms with Gasteiger partial charge in [0.05, 0.1) is 6.61 Å². The van der Waals surface area contributed by atoms with Crippen LogP contribution in [0.3, 0.4) is 0 Å². The highest BCUT2D eigenvalue weighted by Gasteiger charge is 2.30. The van der Waals surface area contributed by atoms with Crippen LogP contribution >= 0.6 is 0 Å². The highest BCUT2D eigenvalue weighted by Crippen LogP contribution is 2.17. The SMILES string of the molecule is O=C1NCC(C(=O)N[C@@H](CO)C(=O)NC2CCCC2)N1. The van der Waals surface area contributed by atoms with E-state index in [2.05, 4.69) is 21.3 Å². The first kappa shape index (κ1) is 14.6. The van der Waals surface area contributed by atoms with Crippen molar-refractivity contribution in [1.82, 2.24) is 21.3 Å². The van der Waals surface area contributed by atoms with Gasteiger partial charge in [-0.05, 0) is 12.8 Å². The van der Waals surface area contributed by atoms with E-state index in [9.17, 15) is 19.5 Å². The standard InChI is InChI=1S/C12H20N4O4/c17-6-9(11(19)14-7-3-1-2-4-7)15-10(18)8-5-13-12(20)16-8/h7-9,17H,1-6H2,(H,14,19)(H,15,18)(H2,13,16,20)/t8?,9-/m0/s1. The molecular weight excluding hydrogens is 264 g/mol. The molecule has 5 N–H and O–H groups in total. The molecule has 20 heavy (non-hydrogen) atoms. The van der Waals surface area contributed by atoms with Crippen LogP contribution in [0.5, 0.6) is 0 Å². The number of amides is 4. The number of carbonyl (C=O) groups excluding carboxylic acids is 3. The van der Waals surface area contributed by atoms with E-state index in [0.29, 0.717) is 0 Å². The molecule has 0 aromatic carbocycles. The summed E-state index contributed by atoms with van der Waals surface area (Å²) in [4.78, 5) is 34.7. The van der Waals surface area contributed by atoms with Gasteiger partial charge in [0, 0.05) is 12.6 Å². The molecule has 8 nitrogen and oxygen atoms in total. The summed E-state index contributed by atoms with van der Waals surface area (Å²) in [5, 5.41) is 19.4. The molecule has 1 aliphatic carbocycles. The third kappa shape index (κ3) is 3.60. The van der Waals surface area contributed by atoms with Crippen LogP contribution in [0.2, 0.25) is 0 Å². The molecule has 112 valence electrons. The van der Waals surface area contributed by atoms with Crippen molar-refractivity contribution in [2.45, 2.75) is 43.8 Å². The summed E-state index contributed by atoms with van der Waals surface area (Å²) < 4.78 is 0. The molecule has 2 rings (SSSR count). The zero-order valence-electron chi connectivity index (χ0n) is 11.1. The zero-order chi connectivity index (χ0) is 14.5. The van der Waals surface area contributed by atoms with Crippen LogP contribution in [0, 0.1) is 0 Å². The molecule has 1 unspecified atom stereocenters. The minimum atomic E-state index is -0.986. The number of carbonyl (C=O) groups is 3. The van der Waals surface area contributed by atoms with Gasteiger partial charge in [0.1, 0.15) is 12.1 Å². The molecule has 1 heterocycles. The zero-order valence-corrected chi connectivity index (χ0v) is 11.1. The highest BCUT2D eigenvalue weighted by molar-refractivity contribution is 5.93. The number of nitrogens with one attached hydrogen (secondary N) is 4. The number of aliphatic hydroxyl groups is 1. The predicted molar refractivity (Wildman–Crippen MR) is 69.7 cm³/mol. The molecule has 2 atom stereocenters. The minimum absolute atomic E-state index is 0.126. The first-order valence-electron chi connectivity index (χ1n) is 6.86. The largest absolute Gasteiger partial charge is 0.394 e. The van der Waals surface area contributed by atoms with Crippen molar-refractivity contribution in [1.29, 1.82) is 0 Å². The predicted octanol–water partition coefficient (Wildman–Crippen LogP) is -1.80. The summed E-state index contributed by atoms with van der Waals surface area (Å²) in [5.41, 5.74) is 0. The Balaban J connectivity index is 1.82. The van der Waals surface area contributed by atoms with E-state index < -0.39 is 30.6 Å². The van der Waals surface area contributed by atoms with Crippen molar-refractivity contribution in [3.8, 4) is 0 Å². The number of aliphatic hydroxyl groups excluding tert-OH is 1. The number of hydrogen-bond donors (Lipinski definition) is 5. The summed E-state index contributed by atoms with van der Waals surface area (Å²) in [5.74, 6) is -0.867. The van der Waals surface area contributed by atoms with Gasteiger partial charge in [-0.1, -0.05) is 12.8 Å². The second-order valence-corrected chi connectivity index (χ2v) is 5.14. The molecule has 0 aromatic rings. The maximum absolute atomic E-state index is 12.0. The van der Waals surface area contributed by atoms with E-state index in [4.69, 9.17) is 0 Å². The van der Waals surface area contributed by atoms with E-state index in [1.54, 1.807) is 0 Å². The lowest BCUT2D eigenvalue weighted by Crippen LogP contribution is -2.55. The summed E-state index contributed by atoms with van der Waals surface area (Å²) in [6.45, 7) is -0.300. The maximum Gasteiger partial charge on any atom is 0.315 e. The Morgan fingerprint density at radius 3 is 2.60 bits per heavy atom. The van der Waals surface area contributed by atoms with Gasteiger partial charge in [-0.15, -0.1) is 0 Å². The van der Waals surface area contributed by atoms with Crippen LogP contribution in [-0.4, -0.2) is 54.2 Å². The molecule has 0 radical (unpaired) electrons. The van der Waals surface area contributed by atoms with Gasteiger partial charge in [-0.2, -0.15) is 0 Å². The first-order valence-corrected chi connectivity index (χ1v) is 6.86. The van der Waals surface area contributed by atoms with Crippen molar-refractivity contribution < 1.29 is 19.5 Å². The monoisotopic (exact) mass is 284 g/mol. The first-order chi connectivity index (χ1) is 9.60. The van der Waals surface area contributed by atoms with Crippen LogP contribution in [-0.2, 0) is 9.59 Å². The summed E-state index contributed by atoms with van der Waals surface area (Å²) in [6, 6.07) is -1.99. The molecule has 4 amide bonds. The van der Waals surface area contributed by atoms with Crippen molar-refractivity contribution in [2.24, 2.45) is 0 Å². The number of hydrogen-bond acceptors (Lipinski definition) is 4. The summed E-state index contributed by atoms with van der Waals surface area (Å²) in [6.07, 6.45) is 4.03. The second-order valence-electron chi connectivity index (χ2n) is 5.14. The Bertz CT molecular complexity index is 395. The molecule has 1 aliphatic heterocycles. The van der Waals surface area contributed by atoms with Crippen molar-refractivity contribution in [2.75, 3.05) is 13.2 Å². The fourth-order valence-corrected chi connectivity index (χ4v) is 2.45. The van der Waals surface area contributed by atoms with Crippen LogP contribution in [0.1, 0.15) is 25.7 Å². The van der Waals surface area contributed by atoms with E-state index in [1.807, 2.05) is 0 Å². The maximum atomic E-state index is 12.0. The average molecular weight is 284 g/mol. The quantitative estimate of drug-likeness (QED) is 0.409. The Labute approximate surface area is 116 Å². The second kappa shape index (κ2) is 6.56. The molecule has 0 bridgehead atoms. The molecule has 1 saturated carbocycles. The van der Waals surface area contributed by atoms with Crippen molar-refractivity contribution >= 4 is 17.8 Å². The van der Waals surface area contributed by atoms with Gasteiger partial charge >= 0.3 is 6.03 Å². The van der Waals surface area contributed by atoms with Crippen LogP contribution < -0.4 is 21.3 Å². The molecule has 2 fully saturated rings. The van der Waals surface area contributed by atoms with Crippen molar-refractivity contribution in [3.63, 3.8) is 0 Å². The van der Waals surface area contributed by atoms with Gasteiger partial charge in [-0.25, -0.2) is 4.79 Å². The van der Waals surface area contributed by atoms with E-state index >= 15 is 0 Å². The molecule has 2 aliphatic rings. The van der Waals surface area contributed by atoms with Crippen molar-refractivity contribution in [3.05, 3.63) is 0 Å².